The average Bonchev–Trinajstić information content (AvgIpc) is 3.02. The molecular weight excluding hydrogens is 421 g/mol. The van der Waals surface area contributed by atoms with E-state index in [1.807, 2.05) is 0 Å². The molecule has 8 heteroatoms. The Morgan fingerprint density at radius 3 is 2.83 bits per heavy atom. The molecule has 0 bridgehead atoms. The lowest BCUT2D eigenvalue weighted by Gasteiger charge is -2.24. The predicted molar refractivity (Wildman–Crippen MR) is 107 cm³/mol. The highest BCUT2D eigenvalue weighted by Crippen LogP contribution is 2.17. The number of benzene rings is 1. The molecule has 1 aliphatic heterocycles. The summed E-state index contributed by atoms with van der Waals surface area (Å²) in [6.07, 6.45) is 2.43. The maximum absolute atomic E-state index is 11.0. The topological polar surface area (TPSA) is 82.8 Å². The monoisotopic (exact) mass is 447 g/mol. The van der Waals surface area contributed by atoms with Crippen molar-refractivity contribution in [2.24, 2.45) is 4.99 Å². The van der Waals surface area contributed by atoms with Crippen LogP contribution in [0.4, 0.5) is 5.69 Å². The molecule has 1 fully saturated rings. The van der Waals surface area contributed by atoms with Crippen LogP contribution in [0.3, 0.4) is 0 Å². The number of para-hydroxylation sites is 1. The van der Waals surface area contributed by atoms with Crippen molar-refractivity contribution in [2.45, 2.75) is 32.4 Å². The summed E-state index contributed by atoms with van der Waals surface area (Å²) in [6.45, 7) is 5.61. The molecule has 1 unspecified atom stereocenters. The van der Waals surface area contributed by atoms with E-state index in [1.165, 1.54) is 18.9 Å². The van der Waals surface area contributed by atoms with Crippen LogP contribution in [0.25, 0.3) is 0 Å². The van der Waals surface area contributed by atoms with Gasteiger partial charge in [-0.05, 0) is 25.9 Å². The molecule has 1 saturated heterocycles. The molecule has 1 aromatic rings. The van der Waals surface area contributed by atoms with Crippen molar-refractivity contribution in [1.82, 2.24) is 15.5 Å². The van der Waals surface area contributed by atoms with Crippen molar-refractivity contribution in [3.05, 3.63) is 39.9 Å². The zero-order valence-electron chi connectivity index (χ0n) is 14.2. The molecule has 134 valence electrons. The number of halogens is 1. The first kappa shape index (κ1) is 20.6. The molecule has 1 aromatic carbocycles. The maximum atomic E-state index is 11.0. The molecule has 1 atom stereocenters. The number of nitro groups is 1. The number of rotatable bonds is 6. The van der Waals surface area contributed by atoms with Gasteiger partial charge in [0.25, 0.3) is 5.69 Å². The van der Waals surface area contributed by atoms with Gasteiger partial charge >= 0.3 is 0 Å². The van der Waals surface area contributed by atoms with E-state index in [0.717, 1.165) is 19.6 Å². The third-order valence-corrected chi connectivity index (χ3v) is 4.27. The molecule has 0 aliphatic carbocycles. The Hall–Kier alpha value is -1.42. The Kier molecular flexibility index (Phi) is 8.98. The van der Waals surface area contributed by atoms with Crippen molar-refractivity contribution in [2.75, 3.05) is 26.7 Å². The van der Waals surface area contributed by atoms with Gasteiger partial charge in [-0.3, -0.25) is 20.0 Å². The Bertz CT molecular complexity index is 567. The first-order chi connectivity index (χ1) is 11.2. The summed E-state index contributed by atoms with van der Waals surface area (Å²) in [5.41, 5.74) is 0.778. The fourth-order valence-corrected chi connectivity index (χ4v) is 3.00. The van der Waals surface area contributed by atoms with E-state index in [0.29, 0.717) is 24.1 Å². The normalized spacial score (nSPS) is 18.1. The quantitative estimate of drug-likeness (QED) is 0.230. The van der Waals surface area contributed by atoms with Gasteiger partial charge in [0.15, 0.2) is 5.96 Å². The van der Waals surface area contributed by atoms with Gasteiger partial charge in [-0.25, -0.2) is 0 Å². The summed E-state index contributed by atoms with van der Waals surface area (Å²) in [6, 6.07) is 7.29. The Labute approximate surface area is 160 Å². The minimum atomic E-state index is -0.356. The third kappa shape index (κ3) is 5.59. The number of likely N-dealkylation sites (N-methyl/N-ethyl adjacent to an activating group) is 1. The lowest BCUT2D eigenvalue weighted by Crippen LogP contribution is -2.44. The molecule has 0 spiro atoms. The summed E-state index contributed by atoms with van der Waals surface area (Å²) >= 11 is 0. The molecule has 0 saturated carbocycles. The summed E-state index contributed by atoms with van der Waals surface area (Å²) in [5, 5.41) is 17.5. The molecule has 1 heterocycles. The van der Waals surface area contributed by atoms with Gasteiger partial charge in [0.05, 0.1) is 4.92 Å². The van der Waals surface area contributed by atoms with Crippen LogP contribution < -0.4 is 10.6 Å². The fourth-order valence-electron chi connectivity index (χ4n) is 3.00. The van der Waals surface area contributed by atoms with Gasteiger partial charge in [0.2, 0.25) is 0 Å². The molecule has 0 aromatic heterocycles. The van der Waals surface area contributed by atoms with E-state index in [-0.39, 0.29) is 34.6 Å². The largest absolute Gasteiger partial charge is 0.355 e. The SMILES string of the molecule is CCN1CCCC1CNC(=NC)NCc1ccccc1[N+](=O)[O-].I. The van der Waals surface area contributed by atoms with Crippen LogP contribution in [0.15, 0.2) is 29.3 Å². The standard InChI is InChI=1S/C16H25N5O2.HI/c1-3-20-10-6-8-14(20)12-19-16(17-2)18-11-13-7-4-5-9-15(13)21(22)23;/h4-5,7,9,14H,3,6,8,10-12H2,1-2H3,(H2,17,18,19);1H. The highest BCUT2D eigenvalue weighted by atomic mass is 127. The van der Waals surface area contributed by atoms with Crippen molar-refractivity contribution in [3.63, 3.8) is 0 Å². The van der Waals surface area contributed by atoms with E-state index >= 15 is 0 Å². The number of aliphatic imine (C=N–C) groups is 1. The van der Waals surface area contributed by atoms with Gasteiger partial charge in [0, 0.05) is 37.8 Å². The van der Waals surface area contributed by atoms with Crippen molar-refractivity contribution < 1.29 is 4.92 Å². The second-order valence-electron chi connectivity index (χ2n) is 5.62. The molecule has 0 amide bonds. The first-order valence-electron chi connectivity index (χ1n) is 8.06. The number of likely N-dealkylation sites (tertiary alicyclic amines) is 1. The van der Waals surface area contributed by atoms with Gasteiger partial charge in [0.1, 0.15) is 0 Å². The van der Waals surface area contributed by atoms with Crippen LogP contribution in [0, 0.1) is 10.1 Å². The average molecular weight is 447 g/mol. The number of nitrogens with one attached hydrogen (secondary N) is 2. The highest BCUT2D eigenvalue weighted by molar-refractivity contribution is 14.0. The van der Waals surface area contributed by atoms with Crippen LogP contribution in [-0.4, -0.2) is 48.5 Å². The van der Waals surface area contributed by atoms with Gasteiger partial charge in [-0.1, -0.05) is 25.1 Å². The lowest BCUT2D eigenvalue weighted by atomic mass is 10.2. The second-order valence-corrected chi connectivity index (χ2v) is 5.62. The van der Waals surface area contributed by atoms with E-state index in [9.17, 15) is 10.1 Å². The Balaban J connectivity index is 0.00000288. The summed E-state index contributed by atoms with van der Waals surface area (Å²) < 4.78 is 0. The van der Waals surface area contributed by atoms with Crippen molar-refractivity contribution >= 4 is 35.6 Å². The molecule has 0 radical (unpaired) electrons. The van der Waals surface area contributed by atoms with Crippen molar-refractivity contribution in [3.8, 4) is 0 Å². The van der Waals surface area contributed by atoms with E-state index < -0.39 is 0 Å². The van der Waals surface area contributed by atoms with Gasteiger partial charge < -0.3 is 10.6 Å². The molecule has 1 aliphatic rings. The summed E-state index contributed by atoms with van der Waals surface area (Å²) in [7, 11) is 1.71. The summed E-state index contributed by atoms with van der Waals surface area (Å²) in [4.78, 5) is 17.3. The second kappa shape index (κ2) is 10.4. The van der Waals surface area contributed by atoms with Crippen LogP contribution in [0.5, 0.6) is 0 Å². The van der Waals surface area contributed by atoms with Crippen LogP contribution in [0.2, 0.25) is 0 Å². The smallest absolute Gasteiger partial charge is 0.274 e. The molecule has 24 heavy (non-hydrogen) atoms. The van der Waals surface area contributed by atoms with Gasteiger partial charge in [-0.2, -0.15) is 0 Å². The number of guanidine groups is 1. The zero-order chi connectivity index (χ0) is 16.7. The minimum Gasteiger partial charge on any atom is -0.355 e. The Morgan fingerprint density at radius 1 is 1.42 bits per heavy atom. The number of hydrogen-bond acceptors (Lipinski definition) is 4. The van der Waals surface area contributed by atoms with E-state index in [2.05, 4.69) is 27.4 Å². The molecular formula is C16H26IN5O2. The Morgan fingerprint density at radius 2 is 2.17 bits per heavy atom. The number of nitro benzene ring substituents is 1. The maximum Gasteiger partial charge on any atom is 0.274 e. The van der Waals surface area contributed by atoms with Gasteiger partial charge in [-0.15, -0.1) is 24.0 Å². The fraction of sp³-hybridized carbons (Fsp3) is 0.562. The van der Waals surface area contributed by atoms with Crippen molar-refractivity contribution in [1.29, 1.82) is 0 Å². The first-order valence-corrected chi connectivity index (χ1v) is 8.06. The predicted octanol–water partition coefficient (Wildman–Crippen LogP) is 2.36. The van der Waals surface area contributed by atoms with Crippen LogP contribution in [-0.2, 0) is 6.54 Å². The summed E-state index contributed by atoms with van der Waals surface area (Å²) in [5.74, 6) is 0.672. The van der Waals surface area contributed by atoms with E-state index in [4.69, 9.17) is 0 Å². The van der Waals surface area contributed by atoms with Crippen LogP contribution >= 0.6 is 24.0 Å². The number of nitrogens with zero attached hydrogens (tertiary/aromatic N) is 3. The van der Waals surface area contributed by atoms with E-state index in [1.54, 1.807) is 25.2 Å². The minimum absolute atomic E-state index is 0. The number of hydrogen-bond donors (Lipinski definition) is 2. The zero-order valence-corrected chi connectivity index (χ0v) is 16.5. The third-order valence-electron chi connectivity index (χ3n) is 4.27. The molecule has 7 nitrogen and oxygen atoms in total. The molecule has 2 rings (SSSR count). The highest BCUT2D eigenvalue weighted by Gasteiger charge is 2.22. The van der Waals surface area contributed by atoms with Crippen LogP contribution in [0.1, 0.15) is 25.3 Å². The lowest BCUT2D eigenvalue weighted by molar-refractivity contribution is -0.385. The molecule has 2 N–H and O–H groups in total.